The molecule has 3 nitrogen and oxygen atoms in total. The summed E-state index contributed by atoms with van der Waals surface area (Å²) in [5.74, 6) is 0.784. The molecule has 84 valence electrons. The maximum atomic E-state index is 5.55. The lowest BCUT2D eigenvalue weighted by Crippen LogP contribution is -2.02. The van der Waals surface area contributed by atoms with Gasteiger partial charge in [0.25, 0.3) is 0 Å². The third kappa shape index (κ3) is 2.70. The van der Waals surface area contributed by atoms with Gasteiger partial charge in [0.2, 0.25) is 0 Å². The van der Waals surface area contributed by atoms with E-state index in [1.54, 1.807) is 6.20 Å². The van der Waals surface area contributed by atoms with E-state index in [0.29, 0.717) is 6.61 Å². The Morgan fingerprint density at radius 3 is 2.94 bits per heavy atom. The molecule has 1 aromatic heterocycles. The summed E-state index contributed by atoms with van der Waals surface area (Å²) in [6.45, 7) is 4.68. The fraction of sp³-hybridized carbons (Fsp3) is 0.308. The summed E-state index contributed by atoms with van der Waals surface area (Å²) >= 11 is 0. The first-order chi connectivity index (χ1) is 7.75. The van der Waals surface area contributed by atoms with Crippen molar-refractivity contribution in [3.63, 3.8) is 0 Å². The molecule has 16 heavy (non-hydrogen) atoms. The lowest BCUT2D eigenvalue weighted by molar-refractivity contribution is 0.0657. The van der Waals surface area contributed by atoms with Crippen molar-refractivity contribution in [1.82, 2.24) is 4.98 Å². The highest BCUT2D eigenvalue weighted by Crippen LogP contribution is 2.20. The molecule has 0 radical (unpaired) electrons. The highest BCUT2D eigenvalue weighted by molar-refractivity contribution is 5.56. The zero-order chi connectivity index (χ0) is 11.4. The highest BCUT2D eigenvalue weighted by Gasteiger charge is 2.03. The molecule has 0 bridgehead atoms. The first kappa shape index (κ1) is 10.9. The number of hydrogen-bond acceptors (Lipinski definition) is 3. The number of benzene rings is 1. The Kier molecular flexibility index (Phi) is 3.37. The van der Waals surface area contributed by atoms with Crippen molar-refractivity contribution in [2.75, 3.05) is 0 Å². The van der Waals surface area contributed by atoms with Crippen LogP contribution in [-0.4, -0.2) is 11.1 Å². The number of rotatable bonds is 4. The molecule has 0 spiro atoms. The van der Waals surface area contributed by atoms with E-state index in [1.165, 1.54) is 6.39 Å². The second-order valence-electron chi connectivity index (χ2n) is 3.93. The number of oxazole rings is 1. The fourth-order valence-electron chi connectivity index (χ4n) is 1.44. The van der Waals surface area contributed by atoms with Gasteiger partial charge in [0, 0.05) is 5.56 Å². The fourth-order valence-corrected chi connectivity index (χ4v) is 1.44. The van der Waals surface area contributed by atoms with Crippen LogP contribution in [0, 0.1) is 0 Å². The number of hydrogen-bond donors (Lipinski definition) is 0. The number of nitrogens with zero attached hydrogens (tertiary/aromatic N) is 1. The molecule has 1 heterocycles. The molecular formula is C13H15NO2. The van der Waals surface area contributed by atoms with Gasteiger partial charge in [-0.25, -0.2) is 4.98 Å². The molecule has 0 aliphatic carbocycles. The molecule has 0 saturated heterocycles. The van der Waals surface area contributed by atoms with Crippen molar-refractivity contribution in [3.8, 4) is 11.3 Å². The van der Waals surface area contributed by atoms with Gasteiger partial charge in [-0.05, 0) is 25.5 Å². The minimum atomic E-state index is 0.244. The summed E-state index contributed by atoms with van der Waals surface area (Å²) in [6.07, 6.45) is 3.39. The van der Waals surface area contributed by atoms with Crippen LogP contribution in [-0.2, 0) is 11.3 Å². The largest absolute Gasteiger partial charge is 0.444 e. The molecule has 0 saturated carbocycles. The van der Waals surface area contributed by atoms with Gasteiger partial charge in [-0.1, -0.05) is 18.2 Å². The Hall–Kier alpha value is -1.61. The summed E-state index contributed by atoms with van der Waals surface area (Å²) in [5, 5.41) is 0. The van der Waals surface area contributed by atoms with Crippen molar-refractivity contribution in [1.29, 1.82) is 0 Å². The molecule has 0 fully saturated rings. The quantitative estimate of drug-likeness (QED) is 0.788. The van der Waals surface area contributed by atoms with Crippen LogP contribution < -0.4 is 0 Å². The molecule has 0 aliphatic heterocycles. The normalized spacial score (nSPS) is 10.9. The Morgan fingerprint density at radius 1 is 1.38 bits per heavy atom. The van der Waals surface area contributed by atoms with Crippen LogP contribution >= 0.6 is 0 Å². The monoisotopic (exact) mass is 217 g/mol. The predicted octanol–water partition coefficient (Wildman–Crippen LogP) is 3.27. The summed E-state index contributed by atoms with van der Waals surface area (Å²) in [4.78, 5) is 3.90. The molecule has 3 heteroatoms. The van der Waals surface area contributed by atoms with Gasteiger partial charge in [0.1, 0.15) is 0 Å². The molecule has 2 aromatic rings. The molecule has 0 amide bonds. The third-order valence-electron chi connectivity index (χ3n) is 2.23. The maximum Gasteiger partial charge on any atom is 0.181 e. The van der Waals surface area contributed by atoms with E-state index in [4.69, 9.17) is 9.15 Å². The van der Waals surface area contributed by atoms with Crippen LogP contribution in [0.15, 0.2) is 41.3 Å². The van der Waals surface area contributed by atoms with Crippen LogP contribution in [0.25, 0.3) is 11.3 Å². The van der Waals surface area contributed by atoms with Gasteiger partial charge in [0.15, 0.2) is 12.2 Å². The maximum absolute atomic E-state index is 5.55. The zero-order valence-electron chi connectivity index (χ0n) is 9.51. The molecule has 0 unspecified atom stereocenters. The van der Waals surface area contributed by atoms with Crippen molar-refractivity contribution in [2.24, 2.45) is 0 Å². The van der Waals surface area contributed by atoms with Gasteiger partial charge < -0.3 is 9.15 Å². The number of aromatic nitrogens is 1. The Balaban J connectivity index is 2.14. The van der Waals surface area contributed by atoms with Gasteiger partial charge in [-0.2, -0.15) is 0 Å². The Bertz CT molecular complexity index is 435. The SMILES string of the molecule is CC(C)OCc1cccc(-c2cnco2)c1. The van der Waals surface area contributed by atoms with Crippen LogP contribution in [0.3, 0.4) is 0 Å². The summed E-state index contributed by atoms with van der Waals surface area (Å²) < 4.78 is 10.8. The van der Waals surface area contributed by atoms with E-state index >= 15 is 0 Å². The molecule has 0 N–H and O–H groups in total. The first-order valence-electron chi connectivity index (χ1n) is 5.35. The van der Waals surface area contributed by atoms with Crippen LogP contribution in [0.2, 0.25) is 0 Å². The Morgan fingerprint density at radius 2 is 2.25 bits per heavy atom. The van der Waals surface area contributed by atoms with E-state index in [0.717, 1.165) is 16.9 Å². The average molecular weight is 217 g/mol. The zero-order valence-corrected chi connectivity index (χ0v) is 9.51. The standard InChI is InChI=1S/C13H15NO2/c1-10(2)15-8-11-4-3-5-12(6-11)13-7-14-9-16-13/h3-7,9-10H,8H2,1-2H3. The molecule has 1 aromatic carbocycles. The van der Waals surface area contributed by atoms with Crippen LogP contribution in [0.1, 0.15) is 19.4 Å². The van der Waals surface area contributed by atoms with Crippen LogP contribution in [0.5, 0.6) is 0 Å². The summed E-state index contributed by atoms with van der Waals surface area (Å²) in [5.41, 5.74) is 2.17. The van der Waals surface area contributed by atoms with Crippen molar-refractivity contribution in [2.45, 2.75) is 26.6 Å². The van der Waals surface area contributed by atoms with E-state index in [2.05, 4.69) is 11.1 Å². The molecule has 0 aliphatic rings. The Labute approximate surface area is 95.1 Å². The summed E-state index contributed by atoms with van der Waals surface area (Å²) in [6, 6.07) is 8.10. The van der Waals surface area contributed by atoms with Gasteiger partial charge >= 0.3 is 0 Å². The topological polar surface area (TPSA) is 35.3 Å². The van der Waals surface area contributed by atoms with Gasteiger partial charge in [0.05, 0.1) is 18.9 Å². The van der Waals surface area contributed by atoms with Crippen molar-refractivity contribution >= 4 is 0 Å². The van der Waals surface area contributed by atoms with E-state index < -0.39 is 0 Å². The summed E-state index contributed by atoms with van der Waals surface area (Å²) in [7, 11) is 0. The minimum absolute atomic E-state index is 0.244. The van der Waals surface area contributed by atoms with E-state index in [9.17, 15) is 0 Å². The van der Waals surface area contributed by atoms with Crippen molar-refractivity contribution < 1.29 is 9.15 Å². The average Bonchev–Trinajstić information content (AvgIpc) is 2.80. The number of ether oxygens (including phenoxy) is 1. The first-order valence-corrected chi connectivity index (χ1v) is 5.35. The second-order valence-corrected chi connectivity index (χ2v) is 3.93. The molecule has 0 atom stereocenters. The second kappa shape index (κ2) is 4.94. The van der Waals surface area contributed by atoms with Gasteiger partial charge in [-0.3, -0.25) is 0 Å². The lowest BCUT2D eigenvalue weighted by Gasteiger charge is -2.08. The van der Waals surface area contributed by atoms with Crippen LogP contribution in [0.4, 0.5) is 0 Å². The third-order valence-corrected chi connectivity index (χ3v) is 2.23. The van der Waals surface area contributed by atoms with Gasteiger partial charge in [-0.15, -0.1) is 0 Å². The smallest absolute Gasteiger partial charge is 0.181 e. The predicted molar refractivity (Wildman–Crippen MR) is 61.9 cm³/mol. The molecular weight excluding hydrogens is 202 g/mol. The highest BCUT2D eigenvalue weighted by atomic mass is 16.5. The minimum Gasteiger partial charge on any atom is -0.444 e. The molecule has 2 rings (SSSR count). The van der Waals surface area contributed by atoms with Crippen molar-refractivity contribution in [3.05, 3.63) is 42.4 Å². The van der Waals surface area contributed by atoms with E-state index in [-0.39, 0.29) is 6.10 Å². The lowest BCUT2D eigenvalue weighted by atomic mass is 10.1. The van der Waals surface area contributed by atoms with E-state index in [1.807, 2.05) is 32.0 Å².